The van der Waals surface area contributed by atoms with E-state index < -0.39 is 15.0 Å². The van der Waals surface area contributed by atoms with Crippen LogP contribution >= 0.6 is 0 Å². The average molecular weight is 482 g/mol. The Balaban J connectivity index is 1.74. The van der Waals surface area contributed by atoms with Crippen molar-refractivity contribution in [3.05, 3.63) is 60.2 Å². The predicted molar refractivity (Wildman–Crippen MR) is 137 cm³/mol. The Morgan fingerprint density at radius 3 is 2.32 bits per heavy atom. The van der Waals surface area contributed by atoms with Crippen molar-refractivity contribution in [1.82, 2.24) is 5.32 Å². The van der Waals surface area contributed by atoms with E-state index in [2.05, 4.69) is 39.2 Å². The predicted octanol–water partition coefficient (Wildman–Crippen LogP) is 5.42. The van der Waals surface area contributed by atoms with E-state index in [1.54, 1.807) is 12.1 Å². The summed E-state index contributed by atoms with van der Waals surface area (Å²) in [5, 5.41) is 4.18. The van der Waals surface area contributed by atoms with Crippen molar-refractivity contribution >= 4 is 31.9 Å². The van der Waals surface area contributed by atoms with Gasteiger partial charge in [-0.1, -0.05) is 51.1 Å². The molecule has 0 bridgehead atoms. The number of methoxy groups -OCH3 is 1. The highest BCUT2D eigenvalue weighted by Crippen LogP contribution is 2.29. The molecule has 0 radical (unpaired) electrons. The Hall–Kier alpha value is -2.90. The number of carbonyl (C=O) groups is 2. The van der Waals surface area contributed by atoms with Gasteiger partial charge in [0.2, 0.25) is 0 Å². The van der Waals surface area contributed by atoms with Gasteiger partial charge in [0.15, 0.2) is 9.04 Å². The van der Waals surface area contributed by atoms with Gasteiger partial charge >= 0.3 is 5.97 Å². The van der Waals surface area contributed by atoms with Gasteiger partial charge in [0.25, 0.3) is 5.91 Å². The minimum absolute atomic E-state index is 0.182. The van der Waals surface area contributed by atoms with Crippen LogP contribution in [-0.4, -0.2) is 40.7 Å². The van der Waals surface area contributed by atoms with Gasteiger partial charge in [0.05, 0.1) is 13.0 Å². The first-order valence-corrected chi connectivity index (χ1v) is 14.5. The third kappa shape index (κ3) is 6.58. The molecular weight excluding hydrogens is 446 g/mol. The molecule has 2 aromatic carbocycles. The summed E-state index contributed by atoms with van der Waals surface area (Å²) in [7, 11) is 0.0973. The molecule has 1 heterocycles. The van der Waals surface area contributed by atoms with Crippen LogP contribution in [0.4, 0.5) is 0 Å². The van der Waals surface area contributed by atoms with Crippen molar-refractivity contribution in [2.75, 3.05) is 13.7 Å². The molecule has 1 N–H and O–H groups in total. The summed E-state index contributed by atoms with van der Waals surface area (Å²) in [6, 6.07) is 17.0. The fourth-order valence-electron chi connectivity index (χ4n) is 3.77. The maximum absolute atomic E-state index is 13.1. The zero-order valence-corrected chi connectivity index (χ0v) is 22.0. The molecule has 3 rings (SSSR count). The molecular formula is C27H35NO5Si. The zero-order valence-electron chi connectivity index (χ0n) is 20.9. The van der Waals surface area contributed by atoms with Crippen LogP contribution in [0, 0.1) is 11.3 Å². The molecule has 0 spiro atoms. The fraction of sp³-hybridized carbons (Fsp3) is 0.407. The molecule has 0 aliphatic carbocycles. The van der Waals surface area contributed by atoms with Gasteiger partial charge in [-0.05, 0) is 49.2 Å². The molecule has 182 valence electrons. The molecule has 2 atom stereocenters. The molecule has 6 nitrogen and oxygen atoms in total. The first-order valence-electron chi connectivity index (χ1n) is 11.7. The molecule has 0 saturated carbocycles. The molecule has 0 saturated heterocycles. The average Bonchev–Trinajstić information content (AvgIpc) is 3.24. The number of furan rings is 1. The van der Waals surface area contributed by atoms with E-state index in [-0.39, 0.29) is 23.3 Å². The summed E-state index contributed by atoms with van der Waals surface area (Å²) < 4.78 is 16.8. The molecule has 0 aliphatic heterocycles. The van der Waals surface area contributed by atoms with Crippen molar-refractivity contribution < 1.29 is 23.2 Å². The number of rotatable bonds is 9. The Labute approximate surface area is 203 Å². The third-order valence-corrected chi connectivity index (χ3v) is 6.75. The van der Waals surface area contributed by atoms with Crippen LogP contribution in [-0.2, 0) is 14.0 Å². The number of fused-ring (bicyclic) bond motifs is 1. The number of para-hydroxylation sites is 1. The second-order valence-electron chi connectivity index (χ2n) is 9.96. The number of hydrogen-bond acceptors (Lipinski definition) is 5. The number of amides is 1. The van der Waals surface area contributed by atoms with E-state index in [9.17, 15) is 9.59 Å². The quantitative estimate of drug-likeness (QED) is 0.326. The smallest absolute Gasteiger partial charge is 0.311 e. The molecule has 1 amide bonds. The van der Waals surface area contributed by atoms with E-state index >= 15 is 0 Å². The van der Waals surface area contributed by atoms with Crippen molar-refractivity contribution in [3.8, 4) is 11.3 Å². The van der Waals surface area contributed by atoms with Crippen LogP contribution in [0.2, 0.25) is 13.1 Å². The zero-order chi connectivity index (χ0) is 24.9. The van der Waals surface area contributed by atoms with Crippen LogP contribution in [0.3, 0.4) is 0 Å². The first-order chi connectivity index (χ1) is 16.1. The lowest BCUT2D eigenvalue weighted by Gasteiger charge is -2.34. The van der Waals surface area contributed by atoms with E-state index in [1.807, 2.05) is 42.5 Å². The van der Waals surface area contributed by atoms with Crippen LogP contribution in [0.25, 0.3) is 22.3 Å². The molecule has 1 unspecified atom stereocenters. The number of carbonyl (C=O) groups excluding carboxylic acids is 2. The van der Waals surface area contributed by atoms with Gasteiger partial charge in [0.1, 0.15) is 11.3 Å². The molecule has 34 heavy (non-hydrogen) atoms. The van der Waals surface area contributed by atoms with E-state index in [0.717, 1.165) is 22.3 Å². The maximum Gasteiger partial charge on any atom is 0.311 e. The van der Waals surface area contributed by atoms with Crippen molar-refractivity contribution in [2.45, 2.75) is 46.3 Å². The van der Waals surface area contributed by atoms with Gasteiger partial charge in [-0.25, -0.2) is 0 Å². The summed E-state index contributed by atoms with van der Waals surface area (Å²) in [5.74, 6) is -0.164. The minimum atomic E-state index is -1.29. The fourth-order valence-corrected chi connectivity index (χ4v) is 4.39. The van der Waals surface area contributed by atoms with Crippen LogP contribution in [0.1, 0.15) is 37.6 Å². The van der Waals surface area contributed by atoms with E-state index in [0.29, 0.717) is 18.6 Å². The van der Waals surface area contributed by atoms with Crippen molar-refractivity contribution in [2.24, 2.45) is 11.3 Å². The van der Waals surface area contributed by atoms with Crippen molar-refractivity contribution in [1.29, 1.82) is 0 Å². The minimum Gasteiger partial charge on any atom is -0.469 e. The molecule has 1 aromatic heterocycles. The number of hydrogen-bond donors (Lipinski definition) is 1. The summed E-state index contributed by atoms with van der Waals surface area (Å²) in [5.41, 5.74) is 2.03. The molecule has 0 fully saturated rings. The standard InChI is InChI=1S/C27H35NO5Si/c1-27(2,3)24(16-21(26(30)31-4)17-32-34(5)6)28-25(29)19-13-11-18(12-14-19)23-15-20-9-7-8-10-22(20)33-23/h7-15,21,24,34H,16-17H2,1-6H3,(H,28,29)/t21?,24-/m0/s1. The Bertz CT molecular complexity index is 1080. The Morgan fingerprint density at radius 2 is 1.74 bits per heavy atom. The number of esters is 1. The topological polar surface area (TPSA) is 77.8 Å². The van der Waals surface area contributed by atoms with Gasteiger partial charge in [-0.2, -0.15) is 0 Å². The third-order valence-electron chi connectivity index (χ3n) is 5.89. The highest BCUT2D eigenvalue weighted by molar-refractivity contribution is 6.48. The highest BCUT2D eigenvalue weighted by Gasteiger charge is 2.32. The van der Waals surface area contributed by atoms with Gasteiger partial charge < -0.3 is 18.9 Å². The summed E-state index contributed by atoms with van der Waals surface area (Å²) in [6.45, 7) is 10.6. The van der Waals surface area contributed by atoms with Gasteiger partial charge in [-0.3, -0.25) is 9.59 Å². The SMILES string of the molecule is COC(=O)C(CO[SiH](C)C)C[C@H](NC(=O)c1ccc(-c2cc3ccccc3o2)cc1)C(C)(C)C. The van der Waals surface area contributed by atoms with E-state index in [4.69, 9.17) is 13.6 Å². The van der Waals surface area contributed by atoms with Crippen LogP contribution in [0.15, 0.2) is 59.0 Å². The second-order valence-corrected chi connectivity index (χ2v) is 12.4. The van der Waals surface area contributed by atoms with Crippen LogP contribution in [0.5, 0.6) is 0 Å². The molecule has 3 aromatic rings. The lowest BCUT2D eigenvalue weighted by atomic mass is 9.81. The summed E-state index contributed by atoms with van der Waals surface area (Å²) >= 11 is 0. The monoisotopic (exact) mass is 481 g/mol. The molecule has 0 aliphatic rings. The van der Waals surface area contributed by atoms with Crippen molar-refractivity contribution in [3.63, 3.8) is 0 Å². The number of nitrogens with one attached hydrogen (secondary N) is 1. The first kappa shape index (κ1) is 25.7. The lowest BCUT2D eigenvalue weighted by Crippen LogP contribution is -2.46. The summed E-state index contributed by atoms with van der Waals surface area (Å²) in [4.78, 5) is 25.5. The lowest BCUT2D eigenvalue weighted by molar-refractivity contribution is -0.147. The molecule has 7 heteroatoms. The van der Waals surface area contributed by atoms with Gasteiger partial charge in [0, 0.05) is 29.2 Å². The maximum atomic E-state index is 13.1. The number of benzene rings is 2. The van der Waals surface area contributed by atoms with E-state index in [1.165, 1.54) is 7.11 Å². The highest BCUT2D eigenvalue weighted by atomic mass is 28.3. The number of ether oxygens (including phenoxy) is 1. The summed E-state index contributed by atoms with van der Waals surface area (Å²) in [6.07, 6.45) is 0.445. The normalized spacial score (nSPS) is 13.6. The Morgan fingerprint density at radius 1 is 1.06 bits per heavy atom. The largest absolute Gasteiger partial charge is 0.469 e. The Kier molecular flexibility index (Phi) is 8.33. The second kappa shape index (κ2) is 11.0. The van der Waals surface area contributed by atoms with Crippen LogP contribution < -0.4 is 5.32 Å². The van der Waals surface area contributed by atoms with Gasteiger partial charge in [-0.15, -0.1) is 0 Å².